The second-order valence-electron chi connectivity index (χ2n) is 3.00. The fraction of sp³-hybridized carbons (Fsp3) is 0.333. The Morgan fingerprint density at radius 1 is 1.75 bits per heavy atom. The van der Waals surface area contributed by atoms with E-state index in [9.17, 15) is 10.1 Å². The number of aromatic nitrogens is 1. The van der Waals surface area contributed by atoms with E-state index in [4.69, 9.17) is 4.74 Å². The van der Waals surface area contributed by atoms with Crippen LogP contribution in [0.3, 0.4) is 0 Å². The van der Waals surface area contributed by atoms with E-state index in [1.54, 1.807) is 11.9 Å². The number of ether oxygens (including phenoxy) is 1. The number of halogens is 1. The van der Waals surface area contributed by atoms with Gasteiger partial charge >= 0.3 is 5.69 Å². The summed E-state index contributed by atoms with van der Waals surface area (Å²) in [5.74, 6) is 0.543. The zero-order chi connectivity index (χ0) is 12.3. The number of hydrogen-bond donors (Lipinski definition) is 0. The third kappa shape index (κ3) is 2.41. The molecule has 0 aliphatic rings. The highest BCUT2D eigenvalue weighted by Gasteiger charge is 2.21. The maximum atomic E-state index is 10.7. The van der Waals surface area contributed by atoms with Crippen molar-refractivity contribution < 1.29 is 9.66 Å². The number of rotatable bonds is 4. The summed E-state index contributed by atoms with van der Waals surface area (Å²) >= 11 is 3.23. The normalized spacial score (nSPS) is 10.0. The van der Waals surface area contributed by atoms with Gasteiger partial charge in [-0.2, -0.15) is 4.98 Å². The standard InChI is InChI=1S/C9H11BrN3O3/c1-4-12(2)8-6(10)5-7(13(14)15)9(11-8)16-3/h5H,1,4H2,2-3H3. The van der Waals surface area contributed by atoms with Crippen LogP contribution in [0.1, 0.15) is 0 Å². The molecule has 1 rings (SSSR count). The molecule has 7 heteroatoms. The molecule has 0 unspecified atom stereocenters. The van der Waals surface area contributed by atoms with Crippen LogP contribution in [0, 0.1) is 17.0 Å². The van der Waals surface area contributed by atoms with E-state index in [2.05, 4.69) is 27.8 Å². The van der Waals surface area contributed by atoms with Gasteiger partial charge in [0.05, 0.1) is 16.5 Å². The molecule has 0 aliphatic carbocycles. The zero-order valence-electron chi connectivity index (χ0n) is 8.94. The van der Waals surface area contributed by atoms with Gasteiger partial charge in [-0.25, -0.2) is 0 Å². The highest BCUT2D eigenvalue weighted by atomic mass is 79.9. The minimum Gasteiger partial charge on any atom is -0.476 e. The van der Waals surface area contributed by atoms with E-state index in [0.29, 0.717) is 16.8 Å². The minimum absolute atomic E-state index is 0.0106. The average molecular weight is 289 g/mol. The summed E-state index contributed by atoms with van der Waals surface area (Å²) in [6, 6.07) is 1.37. The molecule has 0 spiro atoms. The van der Waals surface area contributed by atoms with Crippen molar-refractivity contribution in [3.05, 3.63) is 27.6 Å². The number of pyridine rings is 1. The van der Waals surface area contributed by atoms with Gasteiger partial charge in [-0.3, -0.25) is 10.1 Å². The van der Waals surface area contributed by atoms with Crippen molar-refractivity contribution in [3.8, 4) is 5.88 Å². The van der Waals surface area contributed by atoms with Gasteiger partial charge in [0, 0.05) is 19.7 Å². The number of nitro groups is 1. The predicted molar refractivity (Wildman–Crippen MR) is 63.8 cm³/mol. The molecule has 0 saturated carbocycles. The van der Waals surface area contributed by atoms with Crippen LogP contribution in [-0.2, 0) is 0 Å². The van der Waals surface area contributed by atoms with Crippen LogP contribution in [0.5, 0.6) is 5.88 Å². The molecule has 1 aromatic rings. The Balaban J connectivity index is 3.31. The molecule has 1 aromatic heterocycles. The van der Waals surface area contributed by atoms with Crippen molar-refractivity contribution in [3.63, 3.8) is 0 Å². The molecular weight excluding hydrogens is 278 g/mol. The van der Waals surface area contributed by atoms with E-state index in [1.807, 2.05) is 0 Å². The molecule has 16 heavy (non-hydrogen) atoms. The monoisotopic (exact) mass is 288 g/mol. The van der Waals surface area contributed by atoms with Crippen LogP contribution in [-0.4, -0.2) is 30.6 Å². The van der Waals surface area contributed by atoms with Gasteiger partial charge in [0.2, 0.25) is 0 Å². The van der Waals surface area contributed by atoms with Crippen molar-refractivity contribution in [2.45, 2.75) is 0 Å². The summed E-state index contributed by atoms with van der Waals surface area (Å²) in [6.07, 6.45) is 0. The van der Waals surface area contributed by atoms with E-state index < -0.39 is 4.92 Å². The first-order valence-corrected chi connectivity index (χ1v) is 5.19. The van der Waals surface area contributed by atoms with E-state index in [0.717, 1.165) is 0 Å². The van der Waals surface area contributed by atoms with Gasteiger partial charge < -0.3 is 9.64 Å². The van der Waals surface area contributed by atoms with Crippen molar-refractivity contribution in [2.24, 2.45) is 0 Å². The molecular formula is C9H11BrN3O3. The molecule has 0 aromatic carbocycles. The second-order valence-corrected chi connectivity index (χ2v) is 3.86. The smallest absolute Gasteiger partial charge is 0.332 e. The van der Waals surface area contributed by atoms with Gasteiger partial charge in [0.1, 0.15) is 5.82 Å². The lowest BCUT2D eigenvalue weighted by Crippen LogP contribution is -2.18. The summed E-state index contributed by atoms with van der Waals surface area (Å²) < 4.78 is 5.41. The van der Waals surface area contributed by atoms with E-state index >= 15 is 0 Å². The third-order valence-electron chi connectivity index (χ3n) is 1.99. The molecule has 1 radical (unpaired) electrons. The van der Waals surface area contributed by atoms with Gasteiger partial charge in [-0.15, -0.1) is 0 Å². The molecule has 0 bridgehead atoms. The number of anilines is 1. The molecule has 6 nitrogen and oxygen atoms in total. The van der Waals surface area contributed by atoms with Crippen molar-refractivity contribution in [2.75, 3.05) is 25.6 Å². The first-order valence-electron chi connectivity index (χ1n) is 4.40. The molecule has 0 N–H and O–H groups in total. The molecule has 87 valence electrons. The Kier molecular flexibility index (Phi) is 4.05. The number of hydrogen-bond acceptors (Lipinski definition) is 5. The van der Waals surface area contributed by atoms with Crippen LogP contribution in [0.2, 0.25) is 0 Å². The third-order valence-corrected chi connectivity index (χ3v) is 2.57. The SMILES string of the molecule is [CH2]CN(C)c1nc(OC)c([N+](=O)[O-])cc1Br. The second kappa shape index (κ2) is 5.11. The van der Waals surface area contributed by atoms with Crippen molar-refractivity contribution >= 4 is 27.4 Å². The lowest BCUT2D eigenvalue weighted by Gasteiger charge is -2.17. The highest BCUT2D eigenvalue weighted by molar-refractivity contribution is 9.10. The van der Waals surface area contributed by atoms with Gasteiger partial charge in [0.25, 0.3) is 5.88 Å². The lowest BCUT2D eigenvalue weighted by atomic mass is 10.3. The summed E-state index contributed by atoms with van der Waals surface area (Å²) in [5, 5.41) is 10.7. The first-order chi connectivity index (χ1) is 7.51. The molecule has 0 atom stereocenters. The minimum atomic E-state index is -0.537. The number of methoxy groups -OCH3 is 1. The van der Waals surface area contributed by atoms with Crippen molar-refractivity contribution in [1.29, 1.82) is 0 Å². The Labute approximate surface area is 102 Å². The Hall–Kier alpha value is -1.37. The van der Waals surface area contributed by atoms with E-state index in [1.165, 1.54) is 13.2 Å². The quantitative estimate of drug-likeness (QED) is 0.626. The predicted octanol–water partition coefficient (Wildman–Crippen LogP) is 2.03. The fourth-order valence-electron chi connectivity index (χ4n) is 1.11. The lowest BCUT2D eigenvalue weighted by molar-refractivity contribution is -0.386. The van der Waals surface area contributed by atoms with Crippen LogP contribution < -0.4 is 9.64 Å². The Morgan fingerprint density at radius 2 is 2.38 bits per heavy atom. The molecule has 0 aliphatic heterocycles. The first kappa shape index (κ1) is 12.7. The maximum absolute atomic E-state index is 10.7. The average Bonchev–Trinajstić information content (AvgIpc) is 2.27. The summed E-state index contributed by atoms with van der Waals surface area (Å²) in [6.45, 7) is 4.20. The van der Waals surface area contributed by atoms with Gasteiger partial charge in [0.15, 0.2) is 0 Å². The fourth-order valence-corrected chi connectivity index (χ4v) is 1.72. The summed E-state index contributed by atoms with van der Waals surface area (Å²) in [7, 11) is 3.13. The van der Waals surface area contributed by atoms with Crippen LogP contribution in [0.25, 0.3) is 0 Å². The Morgan fingerprint density at radius 3 is 2.81 bits per heavy atom. The molecule has 1 heterocycles. The zero-order valence-corrected chi connectivity index (χ0v) is 10.5. The summed E-state index contributed by atoms with van der Waals surface area (Å²) in [4.78, 5) is 16.0. The largest absolute Gasteiger partial charge is 0.476 e. The van der Waals surface area contributed by atoms with Gasteiger partial charge in [-0.1, -0.05) is 0 Å². The van der Waals surface area contributed by atoms with Crippen molar-refractivity contribution in [1.82, 2.24) is 4.98 Å². The molecule has 0 amide bonds. The highest BCUT2D eigenvalue weighted by Crippen LogP contribution is 2.33. The van der Waals surface area contributed by atoms with Crippen LogP contribution in [0.15, 0.2) is 10.5 Å². The number of nitrogens with zero attached hydrogens (tertiary/aromatic N) is 3. The van der Waals surface area contributed by atoms with Gasteiger partial charge in [-0.05, 0) is 22.9 Å². The molecule has 0 saturated heterocycles. The summed E-state index contributed by atoms with van der Waals surface area (Å²) in [5.41, 5.74) is -0.171. The Bertz CT molecular complexity index is 411. The maximum Gasteiger partial charge on any atom is 0.332 e. The van der Waals surface area contributed by atoms with Crippen LogP contribution >= 0.6 is 15.9 Å². The van der Waals surface area contributed by atoms with Crippen LogP contribution in [0.4, 0.5) is 11.5 Å². The molecule has 0 fully saturated rings. The topological polar surface area (TPSA) is 68.5 Å². The van der Waals surface area contributed by atoms with E-state index in [-0.39, 0.29) is 11.6 Å².